The Morgan fingerprint density at radius 1 is 1.15 bits per heavy atom. The Bertz CT molecular complexity index is 1510. The van der Waals surface area contributed by atoms with E-state index in [4.69, 9.17) is 15.2 Å². The van der Waals surface area contributed by atoms with Crippen LogP contribution in [0.3, 0.4) is 0 Å². The molecule has 5 rings (SSSR count). The van der Waals surface area contributed by atoms with Gasteiger partial charge in [0.05, 0.1) is 31.4 Å². The predicted octanol–water partition coefficient (Wildman–Crippen LogP) is 3.34. The summed E-state index contributed by atoms with van der Waals surface area (Å²) < 4.78 is 12.8. The van der Waals surface area contributed by atoms with Crippen molar-refractivity contribution in [3.63, 3.8) is 0 Å². The fourth-order valence-corrected chi connectivity index (χ4v) is 5.48. The minimum absolute atomic E-state index is 0.0658. The number of fused-ring (bicyclic) bond motifs is 1. The molecule has 11 heteroatoms. The molecule has 1 aliphatic rings. The van der Waals surface area contributed by atoms with E-state index in [-0.39, 0.29) is 11.8 Å². The molecule has 0 saturated heterocycles. The number of nitrogens with zero attached hydrogens (tertiary/aromatic N) is 4. The average molecular weight is 561 g/mol. The monoisotopic (exact) mass is 560 g/mol. The van der Waals surface area contributed by atoms with Gasteiger partial charge in [-0.1, -0.05) is 18.2 Å². The first-order valence-corrected chi connectivity index (χ1v) is 13.9. The molecule has 0 bridgehead atoms. The molecule has 3 heterocycles. The quantitative estimate of drug-likeness (QED) is 0.270. The number of carbonyl (C=O) groups excluding carboxylic acids is 2. The number of benzene rings is 2. The lowest BCUT2D eigenvalue weighted by Crippen LogP contribution is -2.30. The lowest BCUT2D eigenvalue weighted by atomic mass is 10.1. The molecule has 0 aliphatic carbocycles. The molecule has 0 unspecified atom stereocenters. The number of imidazole rings is 1. The molecule has 0 spiro atoms. The van der Waals surface area contributed by atoms with Gasteiger partial charge < -0.3 is 30.0 Å². The van der Waals surface area contributed by atoms with Crippen molar-refractivity contribution < 1.29 is 19.1 Å². The summed E-state index contributed by atoms with van der Waals surface area (Å²) in [5, 5.41) is 3.37. The highest BCUT2D eigenvalue weighted by Crippen LogP contribution is 2.35. The Kier molecular flexibility index (Phi) is 8.54. The molecule has 4 aromatic rings. The zero-order chi connectivity index (χ0) is 28.1. The molecule has 1 aliphatic heterocycles. The predicted molar refractivity (Wildman–Crippen MR) is 154 cm³/mol. The van der Waals surface area contributed by atoms with Crippen LogP contribution in [0.1, 0.15) is 36.3 Å². The molecule has 40 heavy (non-hydrogen) atoms. The van der Waals surface area contributed by atoms with Gasteiger partial charge in [0.15, 0.2) is 5.01 Å². The van der Waals surface area contributed by atoms with Crippen molar-refractivity contribution in [1.29, 1.82) is 0 Å². The first-order chi connectivity index (χ1) is 19.4. The summed E-state index contributed by atoms with van der Waals surface area (Å²) in [5.41, 5.74) is 10.6. The number of aryl methyl sites for hydroxylation is 2. The SMILES string of the molecule is Cc1sc(C(=O)NCc2cccc(OCCOCCN)c2)nc1-c1ccc2c(c1)CCN2C(=O)c1cncn1C. The van der Waals surface area contributed by atoms with Crippen molar-refractivity contribution in [3.05, 3.63) is 81.7 Å². The highest BCUT2D eigenvalue weighted by Gasteiger charge is 2.28. The summed E-state index contributed by atoms with van der Waals surface area (Å²) in [5.74, 6) is 0.423. The number of thiazole rings is 1. The number of hydrogen-bond donors (Lipinski definition) is 2. The Hall–Kier alpha value is -4.06. The van der Waals surface area contributed by atoms with Gasteiger partial charge in [-0.2, -0.15) is 0 Å². The van der Waals surface area contributed by atoms with Crippen molar-refractivity contribution in [2.24, 2.45) is 12.8 Å². The van der Waals surface area contributed by atoms with E-state index >= 15 is 0 Å². The van der Waals surface area contributed by atoms with Crippen molar-refractivity contribution in [1.82, 2.24) is 19.9 Å². The first-order valence-electron chi connectivity index (χ1n) is 13.1. The molecule has 0 atom stereocenters. The summed E-state index contributed by atoms with van der Waals surface area (Å²) in [6.07, 6.45) is 3.97. The third kappa shape index (κ3) is 6.06. The molecule has 3 N–H and O–H groups in total. The van der Waals surface area contributed by atoms with Gasteiger partial charge in [0, 0.05) is 42.8 Å². The van der Waals surface area contributed by atoms with Crippen LogP contribution in [0.2, 0.25) is 0 Å². The summed E-state index contributed by atoms with van der Waals surface area (Å²) in [6, 6.07) is 13.6. The van der Waals surface area contributed by atoms with E-state index in [1.165, 1.54) is 11.3 Å². The summed E-state index contributed by atoms with van der Waals surface area (Å²) in [4.78, 5) is 37.5. The average Bonchev–Trinajstić information content (AvgIpc) is 3.69. The zero-order valence-electron chi connectivity index (χ0n) is 22.6. The number of aromatic nitrogens is 3. The smallest absolute Gasteiger partial charge is 0.280 e. The molecule has 2 amide bonds. The Morgan fingerprint density at radius 3 is 2.83 bits per heavy atom. The van der Waals surface area contributed by atoms with Crippen molar-refractivity contribution >= 4 is 28.8 Å². The van der Waals surface area contributed by atoms with E-state index in [0.29, 0.717) is 55.9 Å². The second kappa shape index (κ2) is 12.4. The molecule has 2 aromatic carbocycles. The molecule has 10 nitrogen and oxygen atoms in total. The van der Waals surface area contributed by atoms with Crippen LogP contribution >= 0.6 is 11.3 Å². The lowest BCUT2D eigenvalue weighted by molar-refractivity contribution is 0.0948. The minimum Gasteiger partial charge on any atom is -0.491 e. The van der Waals surface area contributed by atoms with Crippen molar-refractivity contribution in [2.45, 2.75) is 19.9 Å². The Morgan fingerprint density at radius 2 is 2.02 bits per heavy atom. The van der Waals surface area contributed by atoms with Gasteiger partial charge in [-0.3, -0.25) is 9.59 Å². The van der Waals surface area contributed by atoms with Crippen LogP contribution in [-0.4, -0.2) is 59.3 Å². The van der Waals surface area contributed by atoms with Crippen LogP contribution in [0.15, 0.2) is 55.0 Å². The Balaban J connectivity index is 1.22. The van der Waals surface area contributed by atoms with E-state index in [9.17, 15) is 9.59 Å². The maximum Gasteiger partial charge on any atom is 0.280 e. The first kappa shape index (κ1) is 27.5. The number of ether oxygens (including phenoxy) is 2. The van der Waals surface area contributed by atoms with Crippen LogP contribution in [0.25, 0.3) is 11.3 Å². The molecular weight excluding hydrogens is 528 g/mol. The normalized spacial score (nSPS) is 12.4. The van der Waals surface area contributed by atoms with Crippen molar-refractivity contribution in [2.75, 3.05) is 37.8 Å². The van der Waals surface area contributed by atoms with Crippen molar-refractivity contribution in [3.8, 4) is 17.0 Å². The van der Waals surface area contributed by atoms with Crippen LogP contribution in [-0.2, 0) is 24.8 Å². The van der Waals surface area contributed by atoms with Gasteiger partial charge >= 0.3 is 0 Å². The minimum atomic E-state index is -0.227. The maximum absolute atomic E-state index is 13.0. The zero-order valence-corrected chi connectivity index (χ0v) is 23.4. The van der Waals surface area contributed by atoms with Gasteiger partial charge in [0.2, 0.25) is 0 Å². The highest BCUT2D eigenvalue weighted by atomic mass is 32.1. The third-order valence-corrected chi connectivity index (χ3v) is 7.60. The van der Waals surface area contributed by atoms with Crippen LogP contribution in [0.4, 0.5) is 5.69 Å². The van der Waals surface area contributed by atoms with Gasteiger partial charge in [0.1, 0.15) is 18.1 Å². The summed E-state index contributed by atoms with van der Waals surface area (Å²) in [7, 11) is 1.81. The largest absolute Gasteiger partial charge is 0.491 e. The number of carbonyl (C=O) groups is 2. The molecule has 0 saturated carbocycles. The van der Waals surface area contributed by atoms with E-state index < -0.39 is 0 Å². The molecular formula is C29H32N6O4S. The molecule has 0 fully saturated rings. The van der Waals surface area contributed by atoms with Crippen LogP contribution in [0, 0.1) is 6.92 Å². The summed E-state index contributed by atoms with van der Waals surface area (Å²) in [6.45, 7) is 4.82. The summed E-state index contributed by atoms with van der Waals surface area (Å²) >= 11 is 1.37. The number of anilines is 1. The van der Waals surface area contributed by atoms with E-state index in [0.717, 1.165) is 39.4 Å². The van der Waals surface area contributed by atoms with Gasteiger partial charge in [-0.15, -0.1) is 11.3 Å². The third-order valence-electron chi connectivity index (χ3n) is 6.63. The molecule has 0 radical (unpaired) electrons. The Labute approximate surface area is 236 Å². The molecule has 208 valence electrons. The van der Waals surface area contributed by atoms with E-state index in [1.54, 1.807) is 22.0 Å². The second-order valence-corrected chi connectivity index (χ2v) is 10.6. The maximum atomic E-state index is 13.0. The van der Waals surface area contributed by atoms with E-state index in [1.807, 2.05) is 50.4 Å². The lowest BCUT2D eigenvalue weighted by Gasteiger charge is -2.17. The van der Waals surface area contributed by atoms with Gasteiger partial charge in [0.25, 0.3) is 11.8 Å². The topological polar surface area (TPSA) is 125 Å². The number of rotatable bonds is 11. The standard InChI is InChI=1S/C29H32N6O4S/c1-19-26(22-6-7-24-21(15-22)8-10-35(24)29(37)25-17-31-18-34(25)2)33-28(40-19)27(36)32-16-20-4-3-5-23(14-20)39-13-12-38-11-9-30/h3-7,14-15,17-18H,8-13,16,30H2,1-2H3,(H,32,36). The van der Waals surface area contributed by atoms with Crippen LogP contribution in [0.5, 0.6) is 5.75 Å². The highest BCUT2D eigenvalue weighted by molar-refractivity contribution is 7.14. The fourth-order valence-electron chi connectivity index (χ4n) is 4.63. The number of amides is 2. The number of nitrogens with two attached hydrogens (primary N) is 1. The second-order valence-electron chi connectivity index (χ2n) is 9.44. The fraction of sp³-hybridized carbons (Fsp3) is 0.310. The van der Waals surface area contributed by atoms with Crippen LogP contribution < -0.4 is 20.7 Å². The molecule has 2 aromatic heterocycles. The number of hydrogen-bond acceptors (Lipinski definition) is 8. The number of nitrogens with one attached hydrogen (secondary N) is 1. The van der Waals surface area contributed by atoms with E-state index in [2.05, 4.69) is 21.4 Å². The van der Waals surface area contributed by atoms with Gasteiger partial charge in [-0.05, 0) is 48.7 Å². The van der Waals surface area contributed by atoms with Gasteiger partial charge in [-0.25, -0.2) is 9.97 Å².